The highest BCUT2D eigenvalue weighted by atomic mass is 35.5. The third-order valence-corrected chi connectivity index (χ3v) is 8.09. The summed E-state index contributed by atoms with van der Waals surface area (Å²) in [7, 11) is -3.88. The molecule has 1 saturated carbocycles. The monoisotopic (exact) mass is 434 g/mol. The van der Waals surface area contributed by atoms with Gasteiger partial charge in [0.25, 0.3) is 0 Å². The van der Waals surface area contributed by atoms with Crippen LogP contribution in [0.2, 0.25) is 10.0 Å². The molecule has 1 saturated heterocycles. The molecule has 2 N–H and O–H groups in total. The number of rotatable bonds is 4. The zero-order valence-corrected chi connectivity index (χ0v) is 17.2. The molecule has 1 aromatic rings. The summed E-state index contributed by atoms with van der Waals surface area (Å²) in [6.45, 7) is 0.431. The van der Waals surface area contributed by atoms with Gasteiger partial charge in [0.15, 0.2) is 0 Å². The van der Waals surface area contributed by atoms with Gasteiger partial charge in [0, 0.05) is 19.1 Å². The maximum Gasteiger partial charge on any atom is 0.246 e. The Hall–Kier alpha value is -0.860. The first kappa shape index (κ1) is 20.9. The number of sulfonamides is 1. The van der Waals surface area contributed by atoms with E-state index in [-0.39, 0.29) is 39.5 Å². The largest absolute Gasteiger partial charge is 0.393 e. The van der Waals surface area contributed by atoms with Crippen LogP contribution in [0.5, 0.6) is 0 Å². The zero-order chi connectivity index (χ0) is 19.6. The van der Waals surface area contributed by atoms with Gasteiger partial charge in [-0.25, -0.2) is 8.42 Å². The van der Waals surface area contributed by atoms with Gasteiger partial charge >= 0.3 is 0 Å². The Morgan fingerprint density at radius 1 is 1.15 bits per heavy atom. The van der Waals surface area contributed by atoms with E-state index in [1.807, 2.05) is 0 Å². The fraction of sp³-hybridized carbons (Fsp3) is 0.611. The van der Waals surface area contributed by atoms with Crippen molar-refractivity contribution in [3.8, 4) is 0 Å². The molecule has 150 valence electrons. The van der Waals surface area contributed by atoms with Crippen LogP contribution in [0.25, 0.3) is 0 Å². The number of hydrogen-bond acceptors (Lipinski definition) is 4. The van der Waals surface area contributed by atoms with Crippen LogP contribution < -0.4 is 5.32 Å². The van der Waals surface area contributed by atoms with Crippen molar-refractivity contribution >= 4 is 39.1 Å². The number of nitrogens with one attached hydrogen (secondary N) is 1. The zero-order valence-electron chi connectivity index (χ0n) is 14.9. The average Bonchev–Trinajstić information content (AvgIpc) is 2.61. The van der Waals surface area contributed by atoms with E-state index in [2.05, 4.69) is 5.32 Å². The highest BCUT2D eigenvalue weighted by molar-refractivity contribution is 7.89. The topological polar surface area (TPSA) is 86.7 Å². The van der Waals surface area contributed by atoms with Gasteiger partial charge in [0.2, 0.25) is 15.9 Å². The van der Waals surface area contributed by atoms with E-state index < -0.39 is 15.9 Å². The number of aliphatic hydroxyl groups is 1. The molecular formula is C18H24Cl2N2O4S. The molecular weight excluding hydrogens is 411 g/mol. The maximum absolute atomic E-state index is 13.0. The molecule has 1 aliphatic carbocycles. The van der Waals surface area contributed by atoms with Crippen molar-refractivity contribution in [3.05, 3.63) is 28.2 Å². The van der Waals surface area contributed by atoms with E-state index in [4.69, 9.17) is 23.2 Å². The summed E-state index contributed by atoms with van der Waals surface area (Å²) >= 11 is 12.2. The minimum atomic E-state index is -3.88. The highest BCUT2D eigenvalue weighted by Crippen LogP contribution is 2.33. The van der Waals surface area contributed by atoms with Crippen molar-refractivity contribution in [2.45, 2.75) is 55.6 Å². The van der Waals surface area contributed by atoms with Crippen molar-refractivity contribution < 1.29 is 18.3 Å². The van der Waals surface area contributed by atoms with Gasteiger partial charge in [0.1, 0.15) is 4.90 Å². The summed E-state index contributed by atoms with van der Waals surface area (Å²) in [5.74, 6) is -0.576. The second kappa shape index (κ2) is 8.66. The Balaban J connectivity index is 1.71. The second-order valence-corrected chi connectivity index (χ2v) is 9.97. The van der Waals surface area contributed by atoms with Crippen molar-refractivity contribution in [3.63, 3.8) is 0 Å². The van der Waals surface area contributed by atoms with Gasteiger partial charge in [-0.1, -0.05) is 29.3 Å². The molecule has 0 radical (unpaired) electrons. The van der Waals surface area contributed by atoms with Crippen LogP contribution in [-0.4, -0.2) is 49.0 Å². The molecule has 0 bridgehead atoms. The standard InChI is InChI=1S/C18H24Cl2N2O4S/c19-15-7-2-8-16(20)17(15)27(25,26)22-9-3-4-12(11-22)18(24)21-13-5-1-6-14(23)10-13/h2,7-8,12-14,23H,1,3-6,9-11H2,(H,21,24)/t12-,13?,14?/m0/s1. The van der Waals surface area contributed by atoms with Gasteiger partial charge in [-0.15, -0.1) is 0 Å². The Morgan fingerprint density at radius 2 is 1.85 bits per heavy atom. The van der Waals surface area contributed by atoms with E-state index in [1.54, 1.807) is 6.07 Å². The first-order chi connectivity index (χ1) is 12.8. The fourth-order valence-corrected chi connectivity index (χ4v) is 6.46. The van der Waals surface area contributed by atoms with Crippen molar-refractivity contribution in [2.24, 2.45) is 5.92 Å². The summed E-state index contributed by atoms with van der Waals surface area (Å²) < 4.78 is 27.3. The molecule has 27 heavy (non-hydrogen) atoms. The molecule has 1 aliphatic heterocycles. The van der Waals surface area contributed by atoms with Crippen LogP contribution in [0, 0.1) is 5.92 Å². The molecule has 2 aliphatic rings. The predicted octanol–water partition coefficient (Wildman–Crippen LogP) is 2.81. The first-order valence-corrected chi connectivity index (χ1v) is 11.4. The number of amides is 1. The third-order valence-electron chi connectivity index (χ3n) is 5.26. The van der Waals surface area contributed by atoms with Gasteiger partial charge in [-0.2, -0.15) is 4.31 Å². The van der Waals surface area contributed by atoms with Crippen molar-refractivity contribution in [1.82, 2.24) is 9.62 Å². The summed E-state index contributed by atoms with van der Waals surface area (Å²) in [6, 6.07) is 4.52. The Kier molecular flexibility index (Phi) is 6.69. The van der Waals surface area contributed by atoms with Crippen LogP contribution >= 0.6 is 23.2 Å². The van der Waals surface area contributed by atoms with Crippen LogP contribution in [-0.2, 0) is 14.8 Å². The molecule has 3 atom stereocenters. The molecule has 1 heterocycles. The smallest absolute Gasteiger partial charge is 0.246 e. The lowest BCUT2D eigenvalue weighted by atomic mass is 9.91. The minimum Gasteiger partial charge on any atom is -0.393 e. The molecule has 1 amide bonds. The van der Waals surface area contributed by atoms with Crippen LogP contribution in [0.15, 0.2) is 23.1 Å². The SMILES string of the molecule is O=C(NC1CCCC(O)C1)[C@H]1CCCN(S(=O)(=O)c2c(Cl)cccc2Cl)C1. The van der Waals surface area contributed by atoms with Gasteiger partial charge < -0.3 is 10.4 Å². The number of aliphatic hydroxyl groups excluding tert-OH is 1. The van der Waals surface area contributed by atoms with Crippen molar-refractivity contribution in [2.75, 3.05) is 13.1 Å². The molecule has 9 heteroatoms. The van der Waals surface area contributed by atoms with Crippen LogP contribution in [0.4, 0.5) is 0 Å². The summed E-state index contributed by atoms with van der Waals surface area (Å²) in [6.07, 6.45) is 3.87. The normalized spacial score (nSPS) is 27.3. The lowest BCUT2D eigenvalue weighted by Gasteiger charge is -2.33. The summed E-state index contributed by atoms with van der Waals surface area (Å²) in [5.41, 5.74) is 0. The van der Waals surface area contributed by atoms with E-state index in [0.29, 0.717) is 25.8 Å². The lowest BCUT2D eigenvalue weighted by molar-refractivity contribution is -0.127. The van der Waals surface area contributed by atoms with Crippen molar-refractivity contribution in [1.29, 1.82) is 0 Å². The number of hydrogen-bond donors (Lipinski definition) is 2. The van der Waals surface area contributed by atoms with Crippen LogP contribution in [0.1, 0.15) is 38.5 Å². The number of nitrogens with zero attached hydrogens (tertiary/aromatic N) is 1. The Bertz CT molecular complexity index is 782. The number of halogens is 2. The average molecular weight is 435 g/mol. The first-order valence-electron chi connectivity index (χ1n) is 9.21. The summed E-state index contributed by atoms with van der Waals surface area (Å²) in [4.78, 5) is 12.5. The van der Waals surface area contributed by atoms with Gasteiger partial charge in [-0.3, -0.25) is 4.79 Å². The molecule has 6 nitrogen and oxygen atoms in total. The number of benzene rings is 1. The maximum atomic E-state index is 13.0. The van der Waals surface area contributed by atoms with E-state index >= 15 is 0 Å². The van der Waals surface area contributed by atoms with E-state index in [9.17, 15) is 18.3 Å². The second-order valence-electron chi connectivity index (χ2n) is 7.28. The number of carbonyl (C=O) groups is 1. The highest BCUT2D eigenvalue weighted by Gasteiger charge is 2.36. The Morgan fingerprint density at radius 3 is 2.52 bits per heavy atom. The van der Waals surface area contributed by atoms with E-state index in [0.717, 1.165) is 19.3 Å². The minimum absolute atomic E-state index is 0.0498. The fourth-order valence-electron chi connectivity index (χ4n) is 3.85. The Labute approximate surface area is 169 Å². The van der Waals surface area contributed by atoms with Crippen LogP contribution in [0.3, 0.4) is 0 Å². The molecule has 2 fully saturated rings. The predicted molar refractivity (Wildman–Crippen MR) is 104 cm³/mol. The quantitative estimate of drug-likeness (QED) is 0.762. The van der Waals surface area contributed by atoms with Gasteiger partial charge in [0.05, 0.1) is 22.1 Å². The summed E-state index contributed by atoms with van der Waals surface area (Å²) in [5, 5.41) is 12.9. The molecule has 1 aromatic carbocycles. The lowest BCUT2D eigenvalue weighted by Crippen LogP contribution is -2.48. The molecule has 3 rings (SSSR count). The number of piperidine rings is 1. The number of carbonyl (C=O) groups excluding carboxylic acids is 1. The molecule has 0 spiro atoms. The molecule has 0 aromatic heterocycles. The van der Waals surface area contributed by atoms with E-state index in [1.165, 1.54) is 16.4 Å². The third kappa shape index (κ3) is 4.77. The van der Waals surface area contributed by atoms with Gasteiger partial charge in [-0.05, 0) is 50.7 Å². The molecule has 2 unspecified atom stereocenters.